The Morgan fingerprint density at radius 1 is 1.24 bits per heavy atom. The van der Waals surface area contributed by atoms with Crippen LogP contribution in [0, 0.1) is 0 Å². The van der Waals surface area contributed by atoms with Crippen LogP contribution < -0.4 is 14.9 Å². The molecule has 0 saturated heterocycles. The van der Waals surface area contributed by atoms with E-state index in [0.717, 1.165) is 16.7 Å². The molecule has 1 aliphatic rings. The third-order valence-electron chi connectivity index (χ3n) is 4.04. The van der Waals surface area contributed by atoms with E-state index in [1.165, 1.54) is 7.11 Å². The molecule has 0 saturated carbocycles. The minimum Gasteiger partial charge on any atom is -0.481 e. The molecule has 1 amide bonds. The third-order valence-corrected chi connectivity index (χ3v) is 4.04. The smallest absolute Gasteiger partial charge is 0.407 e. The van der Waals surface area contributed by atoms with Crippen LogP contribution in [-0.2, 0) is 32.4 Å². The van der Waals surface area contributed by atoms with Crippen LogP contribution in [0.15, 0.2) is 42.5 Å². The SMILES string of the molecule is COOc1cccc(C2OCc3cc(COC(=O)NCCC(=O)O)ccc3O2)c1. The molecule has 2 N–H and O–H groups in total. The van der Waals surface area contributed by atoms with Gasteiger partial charge in [-0.15, -0.1) is 0 Å². The maximum atomic E-state index is 11.6. The van der Waals surface area contributed by atoms with Gasteiger partial charge in [-0.1, -0.05) is 18.2 Å². The van der Waals surface area contributed by atoms with Crippen molar-refractivity contribution in [3.05, 3.63) is 59.2 Å². The van der Waals surface area contributed by atoms with Crippen LogP contribution in [0.3, 0.4) is 0 Å². The Morgan fingerprint density at radius 2 is 2.10 bits per heavy atom. The first-order valence-corrected chi connectivity index (χ1v) is 8.88. The van der Waals surface area contributed by atoms with E-state index in [2.05, 4.69) is 10.2 Å². The topological polar surface area (TPSA) is 113 Å². The molecule has 0 aliphatic carbocycles. The summed E-state index contributed by atoms with van der Waals surface area (Å²) >= 11 is 0. The predicted octanol–water partition coefficient (Wildman–Crippen LogP) is 2.94. The van der Waals surface area contributed by atoms with Crippen LogP contribution in [0.1, 0.15) is 29.4 Å². The number of benzene rings is 2. The van der Waals surface area contributed by atoms with Gasteiger partial charge in [-0.25, -0.2) is 4.79 Å². The number of nitrogens with one attached hydrogen (secondary N) is 1. The van der Waals surface area contributed by atoms with Gasteiger partial charge in [-0.2, -0.15) is 4.89 Å². The van der Waals surface area contributed by atoms with E-state index >= 15 is 0 Å². The second kappa shape index (κ2) is 9.76. The molecule has 154 valence electrons. The Morgan fingerprint density at radius 3 is 2.90 bits per heavy atom. The van der Waals surface area contributed by atoms with Gasteiger partial charge in [0.25, 0.3) is 0 Å². The molecule has 1 heterocycles. The summed E-state index contributed by atoms with van der Waals surface area (Å²) in [6, 6.07) is 12.6. The lowest BCUT2D eigenvalue weighted by Gasteiger charge is -2.27. The fourth-order valence-electron chi connectivity index (χ4n) is 2.71. The van der Waals surface area contributed by atoms with Gasteiger partial charge in [0.2, 0.25) is 6.29 Å². The molecule has 29 heavy (non-hydrogen) atoms. The molecular weight excluding hydrogens is 382 g/mol. The quantitative estimate of drug-likeness (QED) is 0.511. The van der Waals surface area contributed by atoms with E-state index in [-0.39, 0.29) is 19.6 Å². The second-order valence-electron chi connectivity index (χ2n) is 6.17. The van der Waals surface area contributed by atoms with Crippen molar-refractivity contribution in [2.75, 3.05) is 13.7 Å². The van der Waals surface area contributed by atoms with Crippen molar-refractivity contribution in [3.8, 4) is 11.5 Å². The number of amides is 1. The standard InChI is InChI=1S/C20H21NO8/c1-25-29-16-4-2-3-14(10-16)19-26-12-15-9-13(5-6-17(15)28-19)11-27-20(24)21-8-7-18(22)23/h2-6,9-10,19H,7-8,11-12H2,1H3,(H,21,24)(H,22,23). The normalized spacial score (nSPS) is 15.0. The first-order chi connectivity index (χ1) is 14.0. The number of ether oxygens (including phenoxy) is 3. The van der Waals surface area contributed by atoms with Crippen molar-refractivity contribution in [1.29, 1.82) is 0 Å². The summed E-state index contributed by atoms with van der Waals surface area (Å²) in [6.45, 7) is 0.387. The monoisotopic (exact) mass is 403 g/mol. The van der Waals surface area contributed by atoms with E-state index in [1.807, 2.05) is 18.2 Å². The van der Waals surface area contributed by atoms with Gasteiger partial charge < -0.3 is 29.5 Å². The number of alkyl carbamates (subject to hydrolysis) is 1. The number of rotatable bonds is 8. The Labute approximate surface area is 167 Å². The number of aliphatic carboxylic acids is 1. The molecule has 2 aromatic rings. The minimum atomic E-state index is -0.990. The van der Waals surface area contributed by atoms with Crippen molar-refractivity contribution in [1.82, 2.24) is 5.32 Å². The van der Waals surface area contributed by atoms with Crippen molar-refractivity contribution >= 4 is 12.1 Å². The number of hydrogen-bond acceptors (Lipinski definition) is 7. The number of carboxylic acid groups (broad SMARTS) is 1. The van der Waals surface area contributed by atoms with E-state index in [1.54, 1.807) is 24.3 Å². The zero-order valence-corrected chi connectivity index (χ0v) is 15.8. The van der Waals surface area contributed by atoms with Crippen molar-refractivity contribution in [2.45, 2.75) is 25.9 Å². The number of carboxylic acids is 1. The molecule has 0 fully saturated rings. The summed E-state index contributed by atoms with van der Waals surface area (Å²) in [4.78, 5) is 31.7. The van der Waals surface area contributed by atoms with E-state index < -0.39 is 18.4 Å². The largest absolute Gasteiger partial charge is 0.481 e. The summed E-state index contributed by atoms with van der Waals surface area (Å²) in [6.07, 6.45) is -1.41. The van der Waals surface area contributed by atoms with Crippen LogP contribution in [0.5, 0.6) is 11.5 Å². The molecule has 2 aromatic carbocycles. The number of fused-ring (bicyclic) bond motifs is 1. The van der Waals surface area contributed by atoms with Gasteiger partial charge in [0.1, 0.15) is 12.4 Å². The summed E-state index contributed by atoms with van der Waals surface area (Å²) in [5.74, 6) is 0.224. The Bertz CT molecular complexity index is 869. The first-order valence-electron chi connectivity index (χ1n) is 8.88. The Balaban J connectivity index is 1.56. The molecule has 1 aliphatic heterocycles. The Hall–Kier alpha value is -3.30. The average molecular weight is 403 g/mol. The molecule has 1 atom stereocenters. The maximum absolute atomic E-state index is 11.6. The highest BCUT2D eigenvalue weighted by Gasteiger charge is 2.23. The van der Waals surface area contributed by atoms with E-state index in [4.69, 9.17) is 24.2 Å². The predicted molar refractivity (Wildman–Crippen MR) is 99.1 cm³/mol. The lowest BCUT2D eigenvalue weighted by atomic mass is 10.1. The summed E-state index contributed by atoms with van der Waals surface area (Å²) in [7, 11) is 1.43. The molecule has 3 rings (SSSR count). The first kappa shape index (κ1) is 20.4. The number of carbonyl (C=O) groups excluding carboxylic acids is 1. The van der Waals surface area contributed by atoms with Crippen molar-refractivity contribution < 1.29 is 38.7 Å². The fraction of sp³-hybridized carbons (Fsp3) is 0.300. The van der Waals surface area contributed by atoms with Crippen molar-refractivity contribution in [3.63, 3.8) is 0 Å². The van der Waals surface area contributed by atoms with Gasteiger partial charge in [-0.3, -0.25) is 4.79 Å². The molecule has 0 bridgehead atoms. The van der Waals surface area contributed by atoms with E-state index in [0.29, 0.717) is 18.1 Å². The third kappa shape index (κ3) is 5.84. The molecular formula is C20H21NO8. The lowest BCUT2D eigenvalue weighted by molar-refractivity contribution is -0.178. The lowest BCUT2D eigenvalue weighted by Crippen LogP contribution is -2.26. The van der Waals surface area contributed by atoms with Crippen LogP contribution >= 0.6 is 0 Å². The highest BCUT2D eigenvalue weighted by Crippen LogP contribution is 2.34. The van der Waals surface area contributed by atoms with Crippen molar-refractivity contribution in [2.24, 2.45) is 0 Å². The van der Waals surface area contributed by atoms with Gasteiger partial charge in [-0.05, 0) is 29.8 Å². The van der Waals surface area contributed by atoms with Gasteiger partial charge in [0.15, 0.2) is 5.75 Å². The van der Waals surface area contributed by atoms with Crippen LogP contribution in [0.2, 0.25) is 0 Å². The second-order valence-corrected chi connectivity index (χ2v) is 6.17. The molecule has 1 unspecified atom stereocenters. The van der Waals surface area contributed by atoms with Crippen LogP contribution in [0.4, 0.5) is 4.79 Å². The minimum absolute atomic E-state index is 0.0119. The maximum Gasteiger partial charge on any atom is 0.407 e. The van der Waals surface area contributed by atoms with Gasteiger partial charge in [0, 0.05) is 17.7 Å². The summed E-state index contributed by atoms with van der Waals surface area (Å²) in [5, 5.41) is 10.9. The fourth-order valence-corrected chi connectivity index (χ4v) is 2.71. The number of hydrogen-bond donors (Lipinski definition) is 2. The summed E-state index contributed by atoms with van der Waals surface area (Å²) < 4.78 is 16.8. The Kier molecular flexibility index (Phi) is 6.88. The molecule has 9 nitrogen and oxygen atoms in total. The van der Waals surface area contributed by atoms with Crippen LogP contribution in [-0.4, -0.2) is 30.8 Å². The van der Waals surface area contributed by atoms with E-state index in [9.17, 15) is 9.59 Å². The zero-order chi connectivity index (χ0) is 20.6. The number of carbonyl (C=O) groups is 2. The zero-order valence-electron chi connectivity index (χ0n) is 15.8. The van der Waals surface area contributed by atoms with Gasteiger partial charge >= 0.3 is 12.1 Å². The average Bonchev–Trinajstić information content (AvgIpc) is 2.72. The highest BCUT2D eigenvalue weighted by atomic mass is 17.2. The molecule has 0 aromatic heterocycles. The van der Waals surface area contributed by atoms with Crippen LogP contribution in [0.25, 0.3) is 0 Å². The highest BCUT2D eigenvalue weighted by molar-refractivity contribution is 5.70. The van der Waals surface area contributed by atoms with Gasteiger partial charge in [0.05, 0.1) is 20.1 Å². The molecule has 0 spiro atoms. The molecule has 9 heteroatoms. The summed E-state index contributed by atoms with van der Waals surface area (Å²) in [5.41, 5.74) is 2.38. The molecule has 0 radical (unpaired) electrons.